The van der Waals surface area contributed by atoms with Crippen LogP contribution < -0.4 is 9.64 Å². The van der Waals surface area contributed by atoms with E-state index in [1.54, 1.807) is 12.3 Å². The summed E-state index contributed by atoms with van der Waals surface area (Å²) in [4.78, 5) is 22.3. The lowest BCUT2D eigenvalue weighted by Crippen LogP contribution is -2.46. The van der Waals surface area contributed by atoms with E-state index in [-0.39, 0.29) is 12.0 Å². The third kappa shape index (κ3) is 3.13. The van der Waals surface area contributed by atoms with Crippen LogP contribution in [0, 0.1) is 0 Å². The number of carbonyl (C=O) groups is 1. The van der Waals surface area contributed by atoms with Crippen LogP contribution in [0.3, 0.4) is 0 Å². The number of piperidine rings is 1. The van der Waals surface area contributed by atoms with Gasteiger partial charge in [0, 0.05) is 18.8 Å². The van der Waals surface area contributed by atoms with E-state index in [0.29, 0.717) is 18.4 Å². The molecule has 2 rings (SSSR count). The van der Waals surface area contributed by atoms with Crippen molar-refractivity contribution in [3.8, 4) is 5.88 Å². The molecule has 19 heavy (non-hydrogen) atoms. The number of aromatic nitrogens is 2. The lowest BCUT2D eigenvalue weighted by molar-refractivity contribution is -0.142. The molecular formula is C13H19N3O3. The highest BCUT2D eigenvalue weighted by Gasteiger charge is 2.31. The average Bonchev–Trinajstić information content (AvgIpc) is 2.47. The Balaban J connectivity index is 2.21. The summed E-state index contributed by atoms with van der Waals surface area (Å²) in [6, 6.07) is 1.42. The number of hydrogen-bond donors (Lipinski definition) is 0. The van der Waals surface area contributed by atoms with E-state index in [2.05, 4.69) is 9.97 Å². The highest BCUT2D eigenvalue weighted by molar-refractivity contribution is 5.79. The van der Waals surface area contributed by atoms with Gasteiger partial charge in [-0.05, 0) is 26.2 Å². The van der Waals surface area contributed by atoms with E-state index in [1.165, 1.54) is 7.11 Å². The molecule has 1 fully saturated rings. The predicted octanol–water partition coefficient (Wildman–Crippen LogP) is 1.41. The van der Waals surface area contributed by atoms with Crippen molar-refractivity contribution >= 4 is 11.9 Å². The van der Waals surface area contributed by atoms with Gasteiger partial charge in [-0.1, -0.05) is 0 Å². The van der Waals surface area contributed by atoms with Crippen molar-refractivity contribution in [2.45, 2.75) is 32.2 Å². The van der Waals surface area contributed by atoms with Gasteiger partial charge in [0.05, 0.1) is 13.7 Å². The van der Waals surface area contributed by atoms with Gasteiger partial charge in [0.15, 0.2) is 0 Å². The van der Waals surface area contributed by atoms with Gasteiger partial charge in [-0.2, -0.15) is 4.98 Å². The minimum Gasteiger partial charge on any atom is -0.478 e. The molecule has 6 heteroatoms. The van der Waals surface area contributed by atoms with Crippen molar-refractivity contribution < 1.29 is 14.3 Å². The van der Waals surface area contributed by atoms with E-state index >= 15 is 0 Å². The maximum absolute atomic E-state index is 11.8. The molecule has 104 valence electrons. The topological polar surface area (TPSA) is 64.5 Å². The predicted molar refractivity (Wildman–Crippen MR) is 70.2 cm³/mol. The molecule has 0 aromatic carbocycles. The summed E-state index contributed by atoms with van der Waals surface area (Å²) >= 11 is 0. The van der Waals surface area contributed by atoms with Crippen LogP contribution in [0.25, 0.3) is 0 Å². The number of esters is 1. The quantitative estimate of drug-likeness (QED) is 0.767. The maximum Gasteiger partial charge on any atom is 0.328 e. The van der Waals surface area contributed by atoms with E-state index in [1.807, 2.05) is 11.8 Å². The summed E-state index contributed by atoms with van der Waals surface area (Å²) in [7, 11) is 1.41. The molecule has 1 aromatic rings. The molecule has 2 heterocycles. The Hall–Kier alpha value is -1.85. The first-order valence-corrected chi connectivity index (χ1v) is 6.56. The Morgan fingerprint density at radius 2 is 2.37 bits per heavy atom. The Kier molecular flexibility index (Phi) is 4.54. The van der Waals surface area contributed by atoms with Gasteiger partial charge in [0.1, 0.15) is 6.04 Å². The second-order valence-electron chi connectivity index (χ2n) is 4.36. The highest BCUT2D eigenvalue weighted by atomic mass is 16.5. The second kappa shape index (κ2) is 6.36. The van der Waals surface area contributed by atoms with E-state index in [4.69, 9.17) is 9.47 Å². The van der Waals surface area contributed by atoms with Gasteiger partial charge >= 0.3 is 5.97 Å². The Bertz CT molecular complexity index is 439. The molecule has 1 aliphatic heterocycles. The van der Waals surface area contributed by atoms with E-state index < -0.39 is 0 Å². The van der Waals surface area contributed by atoms with Crippen LogP contribution >= 0.6 is 0 Å². The molecule has 0 saturated carbocycles. The van der Waals surface area contributed by atoms with Crippen LogP contribution in [0.15, 0.2) is 12.3 Å². The minimum absolute atomic E-state index is 0.231. The van der Waals surface area contributed by atoms with Crippen molar-refractivity contribution in [3.05, 3.63) is 12.3 Å². The Morgan fingerprint density at radius 3 is 3.11 bits per heavy atom. The molecule has 1 atom stereocenters. The summed E-state index contributed by atoms with van der Waals surface area (Å²) in [6.07, 6.45) is 4.46. The number of anilines is 1. The monoisotopic (exact) mass is 265 g/mol. The standard InChI is InChI=1S/C13H19N3O3/c1-3-19-11-7-8-14-13(15-11)16-9-5-4-6-10(16)12(17)18-2/h7-8,10H,3-6,9H2,1-2H3. The normalized spacial score (nSPS) is 19.1. The molecule has 0 radical (unpaired) electrons. The van der Waals surface area contributed by atoms with Gasteiger partial charge < -0.3 is 14.4 Å². The van der Waals surface area contributed by atoms with Crippen LogP contribution in [0.2, 0.25) is 0 Å². The lowest BCUT2D eigenvalue weighted by atomic mass is 10.0. The van der Waals surface area contributed by atoms with Gasteiger partial charge in [-0.15, -0.1) is 0 Å². The Labute approximate surface area is 112 Å². The fourth-order valence-corrected chi connectivity index (χ4v) is 2.25. The van der Waals surface area contributed by atoms with E-state index in [0.717, 1.165) is 25.8 Å². The molecule has 1 unspecified atom stereocenters. The summed E-state index contributed by atoms with van der Waals surface area (Å²) < 4.78 is 10.2. The zero-order valence-electron chi connectivity index (χ0n) is 11.3. The number of ether oxygens (including phenoxy) is 2. The van der Waals surface area contributed by atoms with Crippen LogP contribution in [-0.2, 0) is 9.53 Å². The van der Waals surface area contributed by atoms with Gasteiger partial charge in [-0.25, -0.2) is 9.78 Å². The average molecular weight is 265 g/mol. The molecule has 0 N–H and O–H groups in total. The smallest absolute Gasteiger partial charge is 0.328 e. The zero-order valence-corrected chi connectivity index (χ0v) is 11.3. The number of rotatable bonds is 4. The largest absolute Gasteiger partial charge is 0.478 e. The number of hydrogen-bond acceptors (Lipinski definition) is 6. The first-order chi connectivity index (χ1) is 9.26. The molecule has 1 aromatic heterocycles. The van der Waals surface area contributed by atoms with Crippen LogP contribution in [-0.4, -0.2) is 42.2 Å². The number of methoxy groups -OCH3 is 1. The minimum atomic E-state index is -0.296. The number of nitrogens with zero attached hydrogens (tertiary/aromatic N) is 3. The summed E-state index contributed by atoms with van der Waals surface area (Å²) in [6.45, 7) is 3.21. The molecule has 0 amide bonds. The fraction of sp³-hybridized carbons (Fsp3) is 0.615. The van der Waals surface area contributed by atoms with Crippen molar-refractivity contribution in [1.82, 2.24) is 9.97 Å². The summed E-state index contributed by atoms with van der Waals surface area (Å²) in [5.41, 5.74) is 0. The van der Waals surface area contributed by atoms with Crippen molar-refractivity contribution in [1.29, 1.82) is 0 Å². The molecule has 1 saturated heterocycles. The SMILES string of the molecule is CCOc1ccnc(N2CCCCC2C(=O)OC)n1. The first-order valence-electron chi connectivity index (χ1n) is 6.56. The highest BCUT2D eigenvalue weighted by Crippen LogP contribution is 2.23. The molecule has 0 spiro atoms. The molecular weight excluding hydrogens is 246 g/mol. The molecule has 0 bridgehead atoms. The summed E-state index contributed by atoms with van der Waals surface area (Å²) in [5, 5.41) is 0. The van der Waals surface area contributed by atoms with Gasteiger partial charge in [0.25, 0.3) is 0 Å². The maximum atomic E-state index is 11.8. The van der Waals surface area contributed by atoms with E-state index in [9.17, 15) is 4.79 Å². The van der Waals surface area contributed by atoms with Crippen LogP contribution in [0.4, 0.5) is 5.95 Å². The molecule has 0 aliphatic carbocycles. The van der Waals surface area contributed by atoms with Crippen LogP contribution in [0.5, 0.6) is 5.88 Å². The lowest BCUT2D eigenvalue weighted by Gasteiger charge is -2.33. The van der Waals surface area contributed by atoms with Crippen molar-refractivity contribution in [2.24, 2.45) is 0 Å². The second-order valence-corrected chi connectivity index (χ2v) is 4.36. The first kappa shape index (κ1) is 13.6. The fourth-order valence-electron chi connectivity index (χ4n) is 2.25. The molecule has 6 nitrogen and oxygen atoms in total. The summed E-state index contributed by atoms with van der Waals surface area (Å²) in [5.74, 6) is 0.827. The van der Waals surface area contributed by atoms with Gasteiger partial charge in [-0.3, -0.25) is 0 Å². The van der Waals surface area contributed by atoms with Gasteiger partial charge in [0.2, 0.25) is 11.8 Å². The van der Waals surface area contributed by atoms with Crippen molar-refractivity contribution in [3.63, 3.8) is 0 Å². The zero-order chi connectivity index (χ0) is 13.7. The van der Waals surface area contributed by atoms with Crippen molar-refractivity contribution in [2.75, 3.05) is 25.2 Å². The third-order valence-electron chi connectivity index (χ3n) is 3.14. The third-order valence-corrected chi connectivity index (χ3v) is 3.14. The Morgan fingerprint density at radius 1 is 1.53 bits per heavy atom. The molecule has 1 aliphatic rings. The van der Waals surface area contributed by atoms with Crippen LogP contribution in [0.1, 0.15) is 26.2 Å². The number of carbonyl (C=O) groups excluding carboxylic acids is 1.